The molecule has 2 unspecified atom stereocenters. The summed E-state index contributed by atoms with van der Waals surface area (Å²) in [4.78, 5) is 0. The Hall–Kier alpha value is -0.150. The van der Waals surface area contributed by atoms with Crippen LogP contribution < -0.4 is 10.6 Å². The van der Waals surface area contributed by atoms with E-state index in [1.165, 1.54) is 0 Å². The van der Waals surface area contributed by atoms with Crippen molar-refractivity contribution in [1.82, 2.24) is 10.6 Å². The predicted octanol–water partition coefficient (Wildman–Crippen LogP) is 0.934. The van der Waals surface area contributed by atoms with Crippen LogP contribution in [0.2, 0.25) is 0 Å². The molecule has 2 nitrogen and oxygen atoms in total. The number of hydrogen-bond donors (Lipinski definition) is 2. The fraction of sp³-hybridized carbons (Fsp3) is 1.00. The van der Waals surface area contributed by atoms with Gasteiger partial charge in [0.15, 0.2) is 0 Å². The van der Waals surface area contributed by atoms with Crippen molar-refractivity contribution >= 4 is 0 Å². The van der Waals surface area contributed by atoms with Crippen LogP contribution in [0.4, 0.5) is 4.39 Å². The van der Waals surface area contributed by atoms with E-state index in [4.69, 9.17) is 0 Å². The summed E-state index contributed by atoms with van der Waals surface area (Å²) in [5.41, 5.74) is -1.04. The van der Waals surface area contributed by atoms with Crippen LogP contribution in [-0.2, 0) is 0 Å². The molecule has 0 radical (unpaired) electrons. The normalized spacial score (nSPS) is 28.8. The zero-order chi connectivity index (χ0) is 9.03. The van der Waals surface area contributed by atoms with Crippen molar-refractivity contribution < 1.29 is 4.39 Å². The molecule has 0 amide bonds. The average Bonchev–Trinajstić information content (AvgIpc) is 2.38. The van der Waals surface area contributed by atoms with Gasteiger partial charge in [-0.25, -0.2) is 4.39 Å². The minimum atomic E-state index is -1.04. The maximum absolute atomic E-state index is 13.7. The first-order chi connectivity index (χ1) is 5.64. The lowest BCUT2D eigenvalue weighted by molar-refractivity contribution is 0.149. The molecule has 0 aliphatic carbocycles. The van der Waals surface area contributed by atoms with E-state index in [1.807, 2.05) is 0 Å². The first-order valence-electron chi connectivity index (χ1n) is 4.68. The summed E-state index contributed by atoms with van der Waals surface area (Å²) in [5, 5.41) is 6.14. The molecule has 72 valence electrons. The summed E-state index contributed by atoms with van der Waals surface area (Å²) >= 11 is 0. The monoisotopic (exact) mass is 174 g/mol. The molecular weight excluding hydrogens is 155 g/mol. The number of nitrogens with one attached hydrogen (secondary N) is 2. The van der Waals surface area contributed by atoms with Gasteiger partial charge in [-0.1, -0.05) is 0 Å². The lowest BCUT2D eigenvalue weighted by atomic mass is 9.93. The molecule has 0 bridgehead atoms. The Morgan fingerprint density at radius 3 is 2.92 bits per heavy atom. The molecule has 1 heterocycles. The van der Waals surface area contributed by atoms with Crippen molar-refractivity contribution in [3.8, 4) is 0 Å². The summed E-state index contributed by atoms with van der Waals surface area (Å²) in [7, 11) is 1.80. The molecule has 0 aromatic carbocycles. The van der Waals surface area contributed by atoms with Crippen molar-refractivity contribution in [2.24, 2.45) is 5.92 Å². The second-order valence-corrected chi connectivity index (χ2v) is 4.01. The molecule has 1 aliphatic rings. The Labute approximate surface area is 73.9 Å². The Balaban J connectivity index is 2.27. The smallest absolute Gasteiger partial charge is 0.120 e. The molecule has 0 aromatic rings. The molecule has 1 saturated heterocycles. The second kappa shape index (κ2) is 4.19. The van der Waals surface area contributed by atoms with Crippen molar-refractivity contribution in [1.29, 1.82) is 0 Å². The molecule has 12 heavy (non-hydrogen) atoms. The van der Waals surface area contributed by atoms with Crippen LogP contribution in [0.1, 0.15) is 19.8 Å². The van der Waals surface area contributed by atoms with E-state index in [0.29, 0.717) is 18.9 Å². The van der Waals surface area contributed by atoms with Gasteiger partial charge in [0.25, 0.3) is 0 Å². The minimum Gasteiger partial charge on any atom is -0.317 e. The van der Waals surface area contributed by atoms with Crippen LogP contribution in [0.3, 0.4) is 0 Å². The Bertz CT molecular complexity index is 130. The van der Waals surface area contributed by atoms with Gasteiger partial charge >= 0.3 is 0 Å². The number of alkyl halides is 1. The van der Waals surface area contributed by atoms with Crippen LogP contribution in [0.25, 0.3) is 0 Å². The van der Waals surface area contributed by atoms with Crippen molar-refractivity contribution in [3.63, 3.8) is 0 Å². The van der Waals surface area contributed by atoms with Gasteiger partial charge in [-0.3, -0.25) is 0 Å². The van der Waals surface area contributed by atoms with E-state index in [0.717, 1.165) is 19.5 Å². The first kappa shape index (κ1) is 9.93. The fourth-order valence-corrected chi connectivity index (χ4v) is 1.93. The van der Waals surface area contributed by atoms with Crippen LogP contribution in [0.5, 0.6) is 0 Å². The van der Waals surface area contributed by atoms with Gasteiger partial charge in [0.1, 0.15) is 5.67 Å². The number of rotatable bonds is 4. The number of halogens is 1. The van der Waals surface area contributed by atoms with Crippen LogP contribution in [0, 0.1) is 5.92 Å². The van der Waals surface area contributed by atoms with Crippen molar-refractivity contribution in [2.45, 2.75) is 25.4 Å². The van der Waals surface area contributed by atoms with E-state index in [-0.39, 0.29) is 0 Å². The highest BCUT2D eigenvalue weighted by Gasteiger charge is 2.28. The molecule has 1 rings (SSSR count). The molecular formula is C9H19FN2. The maximum Gasteiger partial charge on any atom is 0.120 e. The van der Waals surface area contributed by atoms with Gasteiger partial charge in [-0.05, 0) is 45.8 Å². The van der Waals surface area contributed by atoms with Crippen molar-refractivity contribution in [2.75, 3.05) is 26.7 Å². The quantitative estimate of drug-likeness (QED) is 0.662. The van der Waals surface area contributed by atoms with E-state index in [2.05, 4.69) is 10.6 Å². The zero-order valence-electron chi connectivity index (χ0n) is 7.99. The van der Waals surface area contributed by atoms with Gasteiger partial charge in [-0.2, -0.15) is 0 Å². The first-order valence-corrected chi connectivity index (χ1v) is 4.68. The lowest BCUT2D eigenvalue weighted by Gasteiger charge is -2.22. The minimum absolute atomic E-state index is 0.462. The summed E-state index contributed by atoms with van der Waals surface area (Å²) in [6, 6.07) is 0. The molecule has 1 fully saturated rings. The zero-order valence-corrected chi connectivity index (χ0v) is 7.99. The van der Waals surface area contributed by atoms with Gasteiger partial charge < -0.3 is 10.6 Å². The van der Waals surface area contributed by atoms with E-state index < -0.39 is 5.67 Å². The van der Waals surface area contributed by atoms with Crippen LogP contribution in [0.15, 0.2) is 0 Å². The summed E-state index contributed by atoms with van der Waals surface area (Å²) in [6.45, 7) is 4.19. The summed E-state index contributed by atoms with van der Waals surface area (Å²) in [5.74, 6) is 0.536. The third kappa shape index (κ3) is 3.07. The molecule has 3 heteroatoms. The molecule has 0 spiro atoms. The largest absolute Gasteiger partial charge is 0.317 e. The number of hydrogen-bond acceptors (Lipinski definition) is 2. The Morgan fingerprint density at radius 1 is 1.67 bits per heavy atom. The van der Waals surface area contributed by atoms with Gasteiger partial charge in [0.05, 0.1) is 0 Å². The van der Waals surface area contributed by atoms with E-state index in [1.54, 1.807) is 14.0 Å². The maximum atomic E-state index is 13.7. The van der Waals surface area contributed by atoms with E-state index >= 15 is 0 Å². The topological polar surface area (TPSA) is 24.1 Å². The molecule has 2 atom stereocenters. The standard InChI is InChI=1S/C9H19FN2/c1-9(10,7-11-2)5-8-3-4-12-6-8/h8,11-12H,3-7H2,1-2H3. The van der Waals surface area contributed by atoms with Crippen molar-refractivity contribution in [3.05, 3.63) is 0 Å². The highest BCUT2D eigenvalue weighted by atomic mass is 19.1. The summed E-state index contributed by atoms with van der Waals surface area (Å²) in [6.07, 6.45) is 1.81. The highest BCUT2D eigenvalue weighted by Crippen LogP contribution is 2.24. The Morgan fingerprint density at radius 2 is 2.42 bits per heavy atom. The molecule has 0 saturated carbocycles. The molecule has 0 aromatic heterocycles. The fourth-order valence-electron chi connectivity index (χ4n) is 1.93. The summed E-state index contributed by atoms with van der Waals surface area (Å²) < 4.78 is 13.7. The van der Waals surface area contributed by atoms with E-state index in [9.17, 15) is 4.39 Å². The van der Waals surface area contributed by atoms with Crippen LogP contribution in [-0.4, -0.2) is 32.4 Å². The highest BCUT2D eigenvalue weighted by molar-refractivity contribution is 4.83. The third-order valence-electron chi connectivity index (χ3n) is 2.42. The van der Waals surface area contributed by atoms with Gasteiger partial charge in [-0.15, -0.1) is 0 Å². The van der Waals surface area contributed by atoms with Gasteiger partial charge in [0, 0.05) is 6.54 Å². The molecule has 1 aliphatic heterocycles. The predicted molar refractivity (Wildman–Crippen MR) is 49.0 cm³/mol. The second-order valence-electron chi connectivity index (χ2n) is 4.01. The van der Waals surface area contributed by atoms with Crippen LogP contribution >= 0.6 is 0 Å². The lowest BCUT2D eigenvalue weighted by Crippen LogP contribution is -2.34. The molecule has 2 N–H and O–H groups in total. The average molecular weight is 174 g/mol. The van der Waals surface area contributed by atoms with Gasteiger partial charge in [0.2, 0.25) is 0 Å². The Kier molecular flexibility index (Phi) is 3.47. The third-order valence-corrected chi connectivity index (χ3v) is 2.42. The SMILES string of the molecule is CNCC(C)(F)CC1CCNC1.